The van der Waals surface area contributed by atoms with Crippen molar-refractivity contribution in [2.75, 3.05) is 18.0 Å². The topological polar surface area (TPSA) is 50.8 Å². The maximum Gasteiger partial charge on any atom is 0.0877 e. The number of anilines is 1. The summed E-state index contributed by atoms with van der Waals surface area (Å²) in [5.74, 6) is 0.231. The van der Waals surface area contributed by atoms with E-state index in [4.69, 9.17) is 5.26 Å². The van der Waals surface area contributed by atoms with E-state index in [0.717, 1.165) is 25.1 Å². The van der Waals surface area contributed by atoms with Crippen LogP contribution in [-0.4, -0.2) is 13.1 Å². The van der Waals surface area contributed by atoms with Gasteiger partial charge in [-0.3, -0.25) is 0 Å². The Balaban J connectivity index is 1.89. The molecule has 1 aliphatic heterocycles. The molecule has 0 aromatic heterocycles. The Morgan fingerprint density at radius 3 is 2.44 bits per heavy atom. The van der Waals surface area contributed by atoms with Crippen molar-refractivity contribution in [1.82, 2.24) is 0 Å². The van der Waals surface area contributed by atoms with Gasteiger partial charge in [0.15, 0.2) is 0 Å². The highest BCUT2D eigenvalue weighted by molar-refractivity contribution is 5.49. The standard InChI is InChI=1S/C22H23N3/c1-18-8-10-21(11-9-18)25-15-12-20(16-25)22(17-24,13-5-14-23)19-6-3-2-4-7-19/h2-4,6-11,20H,5,12-13,15-16H2,1H3/t20?,22-/m0/s1. The van der Waals surface area contributed by atoms with Crippen LogP contribution in [0.1, 0.15) is 30.4 Å². The lowest BCUT2D eigenvalue weighted by Crippen LogP contribution is -2.36. The molecule has 0 saturated carbocycles. The first-order valence-corrected chi connectivity index (χ1v) is 8.85. The second-order valence-electron chi connectivity index (χ2n) is 6.87. The molecule has 1 aliphatic rings. The van der Waals surface area contributed by atoms with Crippen LogP contribution in [0.2, 0.25) is 0 Å². The zero-order valence-corrected chi connectivity index (χ0v) is 14.7. The summed E-state index contributed by atoms with van der Waals surface area (Å²) >= 11 is 0. The molecule has 3 rings (SSSR count). The van der Waals surface area contributed by atoms with Crippen molar-refractivity contribution in [3.05, 3.63) is 65.7 Å². The molecule has 3 nitrogen and oxygen atoms in total. The fraction of sp³-hybridized carbons (Fsp3) is 0.364. The Kier molecular flexibility index (Phi) is 5.05. The SMILES string of the molecule is Cc1ccc(N2CCC([C@](C#N)(CCC#N)c3ccccc3)C2)cc1. The molecule has 1 unspecified atom stereocenters. The van der Waals surface area contributed by atoms with Crippen LogP contribution in [0.4, 0.5) is 5.69 Å². The Morgan fingerprint density at radius 1 is 1.08 bits per heavy atom. The molecule has 25 heavy (non-hydrogen) atoms. The molecule has 0 radical (unpaired) electrons. The minimum Gasteiger partial charge on any atom is -0.371 e. The smallest absolute Gasteiger partial charge is 0.0877 e. The number of nitriles is 2. The molecule has 0 N–H and O–H groups in total. The molecule has 0 bridgehead atoms. The molecule has 1 heterocycles. The molecule has 0 amide bonds. The number of hydrogen-bond acceptors (Lipinski definition) is 3. The van der Waals surface area contributed by atoms with Crippen LogP contribution in [0, 0.1) is 35.5 Å². The predicted octanol–water partition coefficient (Wildman–Crippen LogP) is 4.59. The van der Waals surface area contributed by atoms with Gasteiger partial charge in [0.05, 0.1) is 17.6 Å². The first-order chi connectivity index (χ1) is 12.2. The van der Waals surface area contributed by atoms with Crippen LogP contribution < -0.4 is 4.90 Å². The van der Waals surface area contributed by atoms with Gasteiger partial charge < -0.3 is 4.90 Å². The number of aryl methyl sites for hydroxylation is 1. The first kappa shape index (κ1) is 17.1. The lowest BCUT2D eigenvalue weighted by molar-refractivity contribution is 0.348. The summed E-state index contributed by atoms with van der Waals surface area (Å²) < 4.78 is 0. The summed E-state index contributed by atoms with van der Waals surface area (Å²) in [4.78, 5) is 2.37. The third-order valence-corrected chi connectivity index (χ3v) is 5.40. The third kappa shape index (κ3) is 3.37. The Morgan fingerprint density at radius 2 is 1.80 bits per heavy atom. The molecule has 3 heteroatoms. The normalized spacial score (nSPS) is 19.0. The Hall–Kier alpha value is -2.78. The van der Waals surface area contributed by atoms with Crippen LogP contribution >= 0.6 is 0 Å². The molecule has 1 saturated heterocycles. The summed E-state index contributed by atoms with van der Waals surface area (Å²) in [6.07, 6.45) is 1.97. The minimum atomic E-state index is -0.587. The molecule has 2 atom stereocenters. The van der Waals surface area contributed by atoms with Crippen molar-refractivity contribution < 1.29 is 0 Å². The monoisotopic (exact) mass is 329 g/mol. The van der Waals surface area contributed by atoms with E-state index in [2.05, 4.69) is 48.2 Å². The highest BCUT2D eigenvalue weighted by Crippen LogP contribution is 2.42. The summed E-state index contributed by atoms with van der Waals surface area (Å²) in [5, 5.41) is 19.2. The Labute approximate surface area is 150 Å². The lowest BCUT2D eigenvalue weighted by atomic mass is 9.68. The quantitative estimate of drug-likeness (QED) is 0.806. The van der Waals surface area contributed by atoms with Gasteiger partial charge in [-0.2, -0.15) is 10.5 Å². The van der Waals surface area contributed by atoms with Crippen molar-refractivity contribution in [3.63, 3.8) is 0 Å². The van der Waals surface area contributed by atoms with E-state index in [1.165, 1.54) is 11.3 Å². The van der Waals surface area contributed by atoms with Gasteiger partial charge in [-0.25, -0.2) is 0 Å². The molecule has 2 aromatic rings. The van der Waals surface area contributed by atoms with Gasteiger partial charge in [-0.15, -0.1) is 0 Å². The molecule has 2 aromatic carbocycles. The van der Waals surface area contributed by atoms with Crippen molar-refractivity contribution in [3.8, 4) is 12.1 Å². The van der Waals surface area contributed by atoms with Crippen molar-refractivity contribution in [2.45, 2.75) is 31.6 Å². The van der Waals surface area contributed by atoms with Crippen LogP contribution in [0.15, 0.2) is 54.6 Å². The maximum atomic E-state index is 10.1. The third-order valence-electron chi connectivity index (χ3n) is 5.40. The average Bonchev–Trinajstić information content (AvgIpc) is 3.15. The number of rotatable bonds is 5. The number of hydrogen-bond donors (Lipinski definition) is 0. The van der Waals surface area contributed by atoms with E-state index < -0.39 is 5.41 Å². The average molecular weight is 329 g/mol. The fourth-order valence-electron chi connectivity index (χ4n) is 3.94. The van der Waals surface area contributed by atoms with E-state index >= 15 is 0 Å². The van der Waals surface area contributed by atoms with E-state index in [1.54, 1.807) is 0 Å². The summed E-state index contributed by atoms with van der Waals surface area (Å²) in [5.41, 5.74) is 2.93. The highest BCUT2D eigenvalue weighted by Gasteiger charge is 2.43. The number of benzene rings is 2. The van der Waals surface area contributed by atoms with Crippen LogP contribution in [-0.2, 0) is 5.41 Å². The van der Waals surface area contributed by atoms with Crippen LogP contribution in [0.25, 0.3) is 0 Å². The van der Waals surface area contributed by atoms with Gasteiger partial charge in [0, 0.05) is 31.1 Å². The zero-order valence-electron chi connectivity index (χ0n) is 14.7. The molecule has 0 spiro atoms. The second kappa shape index (κ2) is 7.41. The van der Waals surface area contributed by atoms with E-state index in [0.29, 0.717) is 12.8 Å². The van der Waals surface area contributed by atoms with Crippen molar-refractivity contribution in [2.24, 2.45) is 5.92 Å². The zero-order chi connectivity index (χ0) is 17.7. The second-order valence-corrected chi connectivity index (χ2v) is 6.87. The van der Waals surface area contributed by atoms with E-state index in [1.807, 2.05) is 30.3 Å². The first-order valence-electron chi connectivity index (χ1n) is 8.85. The van der Waals surface area contributed by atoms with Crippen molar-refractivity contribution in [1.29, 1.82) is 10.5 Å². The predicted molar refractivity (Wildman–Crippen MR) is 100 cm³/mol. The van der Waals surface area contributed by atoms with Gasteiger partial charge in [0.2, 0.25) is 0 Å². The highest BCUT2D eigenvalue weighted by atomic mass is 15.2. The summed E-state index contributed by atoms with van der Waals surface area (Å²) in [6, 6.07) is 23.4. The molecular weight excluding hydrogens is 306 g/mol. The van der Waals surface area contributed by atoms with E-state index in [-0.39, 0.29) is 5.92 Å². The van der Waals surface area contributed by atoms with Crippen LogP contribution in [0.3, 0.4) is 0 Å². The molecule has 1 fully saturated rings. The summed E-state index contributed by atoms with van der Waals surface area (Å²) in [6.45, 7) is 3.90. The van der Waals surface area contributed by atoms with Crippen LogP contribution in [0.5, 0.6) is 0 Å². The number of nitrogens with zero attached hydrogens (tertiary/aromatic N) is 3. The van der Waals surface area contributed by atoms with E-state index in [9.17, 15) is 5.26 Å². The van der Waals surface area contributed by atoms with Crippen molar-refractivity contribution >= 4 is 5.69 Å². The van der Waals surface area contributed by atoms with Gasteiger partial charge >= 0.3 is 0 Å². The lowest BCUT2D eigenvalue weighted by Gasteiger charge is -2.33. The molecule has 0 aliphatic carbocycles. The largest absolute Gasteiger partial charge is 0.371 e. The molecular formula is C22H23N3. The Bertz CT molecular complexity index is 783. The minimum absolute atomic E-state index is 0.231. The van der Waals surface area contributed by atoms with Gasteiger partial charge in [-0.1, -0.05) is 48.0 Å². The maximum absolute atomic E-state index is 10.1. The fourth-order valence-corrected chi connectivity index (χ4v) is 3.94. The molecule has 126 valence electrons. The van der Waals surface area contributed by atoms with Gasteiger partial charge in [-0.05, 0) is 37.5 Å². The van der Waals surface area contributed by atoms with Gasteiger partial charge in [0.25, 0.3) is 0 Å². The van der Waals surface area contributed by atoms with Gasteiger partial charge in [0.1, 0.15) is 0 Å². The summed E-state index contributed by atoms with van der Waals surface area (Å²) in [7, 11) is 0.